The Morgan fingerprint density at radius 1 is 1.33 bits per heavy atom. The third kappa shape index (κ3) is 4.27. The van der Waals surface area contributed by atoms with Crippen molar-refractivity contribution in [3.05, 3.63) is 54.0 Å². The zero-order valence-corrected chi connectivity index (χ0v) is 12.1. The van der Waals surface area contributed by atoms with Gasteiger partial charge in [0.25, 0.3) is 5.91 Å². The largest absolute Gasteiger partial charge is 0.381 e. The molecule has 1 aromatic heterocycles. The molecule has 0 aliphatic carbocycles. The van der Waals surface area contributed by atoms with E-state index in [2.05, 4.69) is 29.5 Å². The molecule has 0 saturated heterocycles. The Hall–Kier alpha value is -2.43. The molecule has 0 spiro atoms. The summed E-state index contributed by atoms with van der Waals surface area (Å²) in [6.45, 7) is 4.18. The number of pyridine rings is 1. The van der Waals surface area contributed by atoms with Gasteiger partial charge in [0.05, 0.1) is 11.9 Å². The number of amides is 1. The first kappa shape index (κ1) is 15.0. The Labute approximate surface area is 123 Å². The number of rotatable bonds is 5. The summed E-state index contributed by atoms with van der Waals surface area (Å²) in [7, 11) is 0. The van der Waals surface area contributed by atoms with Crippen molar-refractivity contribution in [1.29, 1.82) is 0 Å². The highest BCUT2D eigenvalue weighted by Crippen LogP contribution is 2.13. The lowest BCUT2D eigenvalue weighted by atomic mass is 10.2. The van der Waals surface area contributed by atoms with Crippen molar-refractivity contribution >= 4 is 17.4 Å². The van der Waals surface area contributed by atoms with E-state index in [0.717, 1.165) is 12.1 Å². The highest BCUT2D eigenvalue weighted by molar-refractivity contribution is 6.03. The van der Waals surface area contributed by atoms with Crippen molar-refractivity contribution in [2.75, 3.05) is 10.6 Å². The maximum absolute atomic E-state index is 13.1. The van der Waals surface area contributed by atoms with Crippen LogP contribution in [0.2, 0.25) is 0 Å². The average molecular weight is 287 g/mol. The van der Waals surface area contributed by atoms with Gasteiger partial charge < -0.3 is 10.6 Å². The number of aromatic nitrogens is 1. The first-order valence-corrected chi connectivity index (χ1v) is 6.88. The van der Waals surface area contributed by atoms with Gasteiger partial charge in [-0.2, -0.15) is 0 Å². The number of anilines is 2. The van der Waals surface area contributed by atoms with Crippen LogP contribution < -0.4 is 10.6 Å². The SMILES string of the molecule is CCC(C)Nc1ccc(NC(=O)c2cccc(F)c2)nc1. The lowest BCUT2D eigenvalue weighted by Gasteiger charge is -2.12. The fourth-order valence-corrected chi connectivity index (χ4v) is 1.76. The maximum atomic E-state index is 13.1. The van der Waals surface area contributed by atoms with Crippen LogP contribution in [0.5, 0.6) is 0 Å². The minimum Gasteiger partial charge on any atom is -0.381 e. The van der Waals surface area contributed by atoms with Crippen molar-refractivity contribution in [2.45, 2.75) is 26.3 Å². The third-order valence-electron chi connectivity index (χ3n) is 3.12. The molecule has 0 aliphatic rings. The molecule has 2 rings (SSSR count). The summed E-state index contributed by atoms with van der Waals surface area (Å²) in [5, 5.41) is 5.92. The standard InChI is InChI=1S/C16H18FN3O/c1-3-11(2)19-14-7-8-15(18-10-14)20-16(21)12-5-4-6-13(17)9-12/h4-11,19H,3H2,1-2H3,(H,18,20,21). The van der Waals surface area contributed by atoms with Crippen LogP contribution in [0.4, 0.5) is 15.9 Å². The molecular formula is C16H18FN3O. The van der Waals surface area contributed by atoms with Crippen molar-refractivity contribution < 1.29 is 9.18 Å². The van der Waals surface area contributed by atoms with Gasteiger partial charge in [0, 0.05) is 11.6 Å². The summed E-state index contributed by atoms with van der Waals surface area (Å²) in [6, 6.07) is 9.45. The number of nitrogens with zero attached hydrogens (tertiary/aromatic N) is 1. The molecule has 2 N–H and O–H groups in total. The molecule has 1 aromatic carbocycles. The summed E-state index contributed by atoms with van der Waals surface area (Å²) < 4.78 is 13.1. The second kappa shape index (κ2) is 6.83. The molecule has 21 heavy (non-hydrogen) atoms. The fourth-order valence-electron chi connectivity index (χ4n) is 1.76. The summed E-state index contributed by atoms with van der Waals surface area (Å²) in [5.74, 6) is -0.396. The summed E-state index contributed by atoms with van der Waals surface area (Å²) in [6.07, 6.45) is 2.67. The Bertz CT molecular complexity index is 613. The number of nitrogens with one attached hydrogen (secondary N) is 2. The molecule has 2 aromatic rings. The van der Waals surface area contributed by atoms with E-state index in [1.807, 2.05) is 6.07 Å². The molecule has 1 amide bonds. The van der Waals surface area contributed by atoms with Gasteiger partial charge >= 0.3 is 0 Å². The highest BCUT2D eigenvalue weighted by Gasteiger charge is 2.07. The Balaban J connectivity index is 2.01. The van der Waals surface area contributed by atoms with Crippen LogP contribution in [-0.2, 0) is 0 Å². The van der Waals surface area contributed by atoms with Crippen LogP contribution in [0, 0.1) is 5.82 Å². The van der Waals surface area contributed by atoms with Gasteiger partial charge in [-0.1, -0.05) is 13.0 Å². The Morgan fingerprint density at radius 2 is 2.14 bits per heavy atom. The smallest absolute Gasteiger partial charge is 0.256 e. The quantitative estimate of drug-likeness (QED) is 0.882. The maximum Gasteiger partial charge on any atom is 0.256 e. The van der Waals surface area contributed by atoms with Crippen molar-refractivity contribution in [2.24, 2.45) is 0 Å². The monoisotopic (exact) mass is 287 g/mol. The number of benzene rings is 1. The number of hydrogen-bond donors (Lipinski definition) is 2. The van der Waals surface area contributed by atoms with E-state index in [-0.39, 0.29) is 11.5 Å². The van der Waals surface area contributed by atoms with Gasteiger partial charge in [-0.3, -0.25) is 4.79 Å². The van der Waals surface area contributed by atoms with E-state index in [1.165, 1.54) is 18.2 Å². The van der Waals surface area contributed by atoms with E-state index < -0.39 is 5.82 Å². The number of hydrogen-bond acceptors (Lipinski definition) is 3. The topological polar surface area (TPSA) is 54.0 Å². The first-order valence-electron chi connectivity index (χ1n) is 6.88. The molecule has 5 heteroatoms. The van der Waals surface area contributed by atoms with Crippen LogP contribution >= 0.6 is 0 Å². The number of halogens is 1. The van der Waals surface area contributed by atoms with Crippen molar-refractivity contribution in [1.82, 2.24) is 4.98 Å². The molecule has 0 bridgehead atoms. The lowest BCUT2D eigenvalue weighted by molar-refractivity contribution is 0.102. The zero-order chi connectivity index (χ0) is 15.2. The number of carbonyl (C=O) groups is 1. The normalized spacial score (nSPS) is 11.8. The molecule has 1 heterocycles. The third-order valence-corrected chi connectivity index (χ3v) is 3.12. The van der Waals surface area contributed by atoms with Crippen LogP contribution in [0.25, 0.3) is 0 Å². The van der Waals surface area contributed by atoms with Crippen LogP contribution in [0.15, 0.2) is 42.6 Å². The molecule has 0 aliphatic heterocycles. The minimum absolute atomic E-state index is 0.263. The fraction of sp³-hybridized carbons (Fsp3) is 0.250. The second-order valence-corrected chi connectivity index (χ2v) is 4.85. The van der Waals surface area contributed by atoms with Gasteiger partial charge in [-0.25, -0.2) is 9.37 Å². The molecule has 1 atom stereocenters. The molecule has 4 nitrogen and oxygen atoms in total. The molecular weight excluding hydrogens is 269 g/mol. The number of carbonyl (C=O) groups excluding carboxylic acids is 1. The Kier molecular flexibility index (Phi) is 4.87. The van der Waals surface area contributed by atoms with Gasteiger partial charge in [0.2, 0.25) is 0 Å². The van der Waals surface area contributed by atoms with Gasteiger partial charge in [-0.15, -0.1) is 0 Å². The molecule has 1 unspecified atom stereocenters. The summed E-state index contributed by atoms with van der Waals surface area (Å²) in [5.41, 5.74) is 1.16. The molecule has 0 radical (unpaired) electrons. The minimum atomic E-state index is -0.441. The zero-order valence-electron chi connectivity index (χ0n) is 12.1. The van der Waals surface area contributed by atoms with Crippen LogP contribution in [-0.4, -0.2) is 16.9 Å². The van der Waals surface area contributed by atoms with Crippen molar-refractivity contribution in [3.8, 4) is 0 Å². The summed E-state index contributed by atoms with van der Waals surface area (Å²) >= 11 is 0. The molecule has 0 saturated carbocycles. The highest BCUT2D eigenvalue weighted by atomic mass is 19.1. The van der Waals surface area contributed by atoms with E-state index in [9.17, 15) is 9.18 Å². The van der Waals surface area contributed by atoms with Crippen LogP contribution in [0.3, 0.4) is 0 Å². The Morgan fingerprint density at radius 3 is 2.76 bits per heavy atom. The lowest BCUT2D eigenvalue weighted by Crippen LogP contribution is -2.15. The van der Waals surface area contributed by atoms with Gasteiger partial charge in [0.1, 0.15) is 11.6 Å². The summed E-state index contributed by atoms with van der Waals surface area (Å²) in [4.78, 5) is 16.1. The van der Waals surface area contributed by atoms with E-state index in [1.54, 1.807) is 18.3 Å². The van der Waals surface area contributed by atoms with E-state index in [0.29, 0.717) is 11.9 Å². The average Bonchev–Trinajstić information content (AvgIpc) is 2.49. The van der Waals surface area contributed by atoms with Gasteiger partial charge in [0.15, 0.2) is 0 Å². The van der Waals surface area contributed by atoms with E-state index >= 15 is 0 Å². The molecule has 0 fully saturated rings. The van der Waals surface area contributed by atoms with Gasteiger partial charge in [-0.05, 0) is 43.7 Å². The molecule has 110 valence electrons. The first-order chi connectivity index (χ1) is 10.1. The predicted molar refractivity (Wildman–Crippen MR) is 82.0 cm³/mol. The van der Waals surface area contributed by atoms with Crippen LogP contribution in [0.1, 0.15) is 30.6 Å². The predicted octanol–water partition coefficient (Wildman–Crippen LogP) is 3.68. The second-order valence-electron chi connectivity index (χ2n) is 4.85. The van der Waals surface area contributed by atoms with Crippen molar-refractivity contribution in [3.63, 3.8) is 0 Å². The van der Waals surface area contributed by atoms with E-state index in [4.69, 9.17) is 0 Å².